The van der Waals surface area contributed by atoms with Gasteiger partial charge in [0.25, 0.3) is 0 Å². The molecular weight excluding hydrogens is 472 g/mol. The number of carbonyl (C=O) groups excluding carboxylic acids is 1. The molecule has 0 spiro atoms. The minimum Gasteiger partial charge on any atom is -0.488 e. The third-order valence-corrected chi connectivity index (χ3v) is 6.24. The summed E-state index contributed by atoms with van der Waals surface area (Å²) < 4.78 is 18.2. The summed E-state index contributed by atoms with van der Waals surface area (Å²) in [6, 6.07) is 11.8. The van der Waals surface area contributed by atoms with Crippen molar-refractivity contribution in [3.8, 4) is 5.75 Å². The molecule has 0 bridgehead atoms. The van der Waals surface area contributed by atoms with Crippen molar-refractivity contribution in [3.63, 3.8) is 0 Å². The Morgan fingerprint density at radius 3 is 2.66 bits per heavy atom. The van der Waals surface area contributed by atoms with Gasteiger partial charge in [0.15, 0.2) is 0 Å². The summed E-state index contributed by atoms with van der Waals surface area (Å²) in [6.45, 7) is 7.67. The van der Waals surface area contributed by atoms with Gasteiger partial charge in [-0.1, -0.05) is 34.1 Å². The Hall–Kier alpha value is -2.35. The van der Waals surface area contributed by atoms with Gasteiger partial charge in [-0.25, -0.2) is 0 Å². The summed E-state index contributed by atoms with van der Waals surface area (Å²) in [5.41, 5.74) is 3.88. The van der Waals surface area contributed by atoms with Crippen molar-refractivity contribution in [2.45, 2.75) is 26.5 Å². The molecule has 1 aliphatic rings. The van der Waals surface area contributed by atoms with Gasteiger partial charge in [0.2, 0.25) is 0 Å². The molecule has 0 saturated carbocycles. The summed E-state index contributed by atoms with van der Waals surface area (Å²) in [6.07, 6.45) is 1.97. The number of fused-ring (bicyclic) bond motifs is 1. The van der Waals surface area contributed by atoms with Gasteiger partial charge < -0.3 is 18.8 Å². The molecule has 2 aromatic carbocycles. The van der Waals surface area contributed by atoms with Crippen molar-refractivity contribution in [2.75, 3.05) is 39.8 Å². The summed E-state index contributed by atoms with van der Waals surface area (Å²) in [5, 5.41) is 1.05. The van der Waals surface area contributed by atoms with Crippen molar-refractivity contribution in [3.05, 3.63) is 63.8 Å². The van der Waals surface area contributed by atoms with Crippen LogP contribution in [0.4, 0.5) is 0 Å². The van der Waals surface area contributed by atoms with Crippen LogP contribution < -0.4 is 4.74 Å². The first-order chi connectivity index (χ1) is 15.5. The van der Waals surface area contributed by atoms with E-state index >= 15 is 0 Å². The maximum absolute atomic E-state index is 11.9. The minimum atomic E-state index is -0.255. The number of piperazine rings is 1. The number of carbonyl (C=O) groups is 1. The van der Waals surface area contributed by atoms with Crippen molar-refractivity contribution in [1.82, 2.24) is 9.80 Å². The lowest BCUT2D eigenvalue weighted by Gasteiger charge is -2.32. The molecular formula is C25H29BrN2O4. The average Bonchev–Trinajstić information content (AvgIpc) is 3.18. The van der Waals surface area contributed by atoms with Crippen LogP contribution in [0.3, 0.4) is 0 Å². The van der Waals surface area contributed by atoms with Gasteiger partial charge in [0.1, 0.15) is 17.9 Å². The number of para-hydroxylation sites is 1. The van der Waals surface area contributed by atoms with Gasteiger partial charge >= 0.3 is 5.97 Å². The first-order valence-corrected chi connectivity index (χ1v) is 11.8. The number of rotatable bonds is 8. The normalized spacial score (nSPS) is 15.2. The Morgan fingerprint density at radius 1 is 1.09 bits per heavy atom. The lowest BCUT2D eigenvalue weighted by molar-refractivity contribution is -0.142. The maximum atomic E-state index is 11.9. The third kappa shape index (κ3) is 5.52. The van der Waals surface area contributed by atoms with Crippen molar-refractivity contribution < 1.29 is 18.7 Å². The van der Waals surface area contributed by atoms with Crippen molar-refractivity contribution >= 4 is 32.9 Å². The van der Waals surface area contributed by atoms with Crippen LogP contribution in [0.1, 0.15) is 23.6 Å². The largest absolute Gasteiger partial charge is 0.488 e. The summed E-state index contributed by atoms with van der Waals surface area (Å²) >= 11 is 3.67. The van der Waals surface area contributed by atoms with Gasteiger partial charge in [-0.3, -0.25) is 9.69 Å². The average molecular weight is 501 g/mol. The Labute approximate surface area is 197 Å². The van der Waals surface area contributed by atoms with Gasteiger partial charge in [0.05, 0.1) is 19.3 Å². The van der Waals surface area contributed by atoms with Crippen LogP contribution in [0.2, 0.25) is 0 Å². The molecule has 1 fully saturated rings. The van der Waals surface area contributed by atoms with E-state index < -0.39 is 0 Å². The van der Waals surface area contributed by atoms with E-state index in [1.165, 1.54) is 5.56 Å². The lowest BCUT2D eigenvalue weighted by atomic mass is 10.1. The monoisotopic (exact) mass is 500 g/mol. The van der Waals surface area contributed by atoms with Gasteiger partial charge in [0, 0.05) is 59.3 Å². The smallest absolute Gasteiger partial charge is 0.310 e. The van der Waals surface area contributed by atoms with Crippen LogP contribution in [-0.4, -0.2) is 55.6 Å². The molecule has 1 saturated heterocycles. The summed E-state index contributed by atoms with van der Waals surface area (Å²) in [4.78, 5) is 16.7. The van der Waals surface area contributed by atoms with Crippen LogP contribution >= 0.6 is 15.9 Å². The van der Waals surface area contributed by atoms with E-state index in [-0.39, 0.29) is 12.4 Å². The van der Waals surface area contributed by atoms with E-state index in [1.54, 1.807) is 13.2 Å². The topological polar surface area (TPSA) is 55.2 Å². The van der Waals surface area contributed by atoms with E-state index in [1.807, 2.05) is 24.3 Å². The highest BCUT2D eigenvalue weighted by Gasteiger charge is 2.18. The molecule has 1 aromatic heterocycles. The van der Waals surface area contributed by atoms with Crippen LogP contribution in [0.15, 0.2) is 51.6 Å². The standard InChI is InChI=1S/C25H29BrN2O4/c1-3-30-24(29)13-18-6-4-5-7-23(18)31-16-20-17-32-25-19(12-21(26)14-22(20)25)15-28-10-8-27(2)9-11-28/h4-7,12,14,17H,3,8-11,13,15-16H2,1-2H3. The molecule has 0 radical (unpaired) electrons. The molecule has 4 rings (SSSR count). The first-order valence-electron chi connectivity index (χ1n) is 11.0. The summed E-state index contributed by atoms with van der Waals surface area (Å²) in [5.74, 6) is 0.428. The molecule has 0 atom stereocenters. The van der Waals surface area contributed by atoms with E-state index in [9.17, 15) is 4.79 Å². The van der Waals surface area contributed by atoms with E-state index in [0.717, 1.165) is 59.3 Å². The van der Waals surface area contributed by atoms with Crippen molar-refractivity contribution in [2.24, 2.45) is 0 Å². The predicted octanol–water partition coefficient (Wildman–Crippen LogP) is 4.63. The molecule has 170 valence electrons. The number of furan rings is 1. The Balaban J connectivity index is 1.50. The Kier molecular flexibility index (Phi) is 7.50. The highest BCUT2D eigenvalue weighted by Crippen LogP contribution is 2.31. The van der Waals surface area contributed by atoms with Crippen LogP contribution in [0.25, 0.3) is 11.0 Å². The molecule has 0 aliphatic carbocycles. The van der Waals surface area contributed by atoms with Crippen LogP contribution in [0.5, 0.6) is 5.75 Å². The third-order valence-electron chi connectivity index (χ3n) is 5.78. The number of nitrogens with zero attached hydrogens (tertiary/aromatic N) is 2. The number of halogens is 1. The minimum absolute atomic E-state index is 0.191. The van der Waals surface area contributed by atoms with E-state index in [4.69, 9.17) is 13.9 Å². The summed E-state index contributed by atoms with van der Waals surface area (Å²) in [7, 11) is 2.17. The molecule has 0 amide bonds. The maximum Gasteiger partial charge on any atom is 0.310 e. The van der Waals surface area contributed by atoms with Crippen LogP contribution in [0, 0.1) is 0 Å². The fourth-order valence-corrected chi connectivity index (χ4v) is 4.52. The molecule has 7 heteroatoms. The zero-order valence-corrected chi connectivity index (χ0v) is 20.2. The first kappa shape index (κ1) is 22.8. The number of esters is 1. The molecule has 0 unspecified atom stereocenters. The highest BCUT2D eigenvalue weighted by atomic mass is 79.9. The molecule has 32 heavy (non-hydrogen) atoms. The van der Waals surface area contributed by atoms with E-state index in [0.29, 0.717) is 19.0 Å². The second-order valence-electron chi connectivity index (χ2n) is 8.16. The lowest BCUT2D eigenvalue weighted by Crippen LogP contribution is -2.43. The molecule has 1 aliphatic heterocycles. The quantitative estimate of drug-likeness (QED) is 0.420. The predicted molar refractivity (Wildman–Crippen MR) is 128 cm³/mol. The number of benzene rings is 2. The zero-order chi connectivity index (χ0) is 22.5. The second kappa shape index (κ2) is 10.5. The van der Waals surface area contributed by atoms with E-state index in [2.05, 4.69) is 44.9 Å². The highest BCUT2D eigenvalue weighted by molar-refractivity contribution is 9.10. The molecule has 3 aromatic rings. The Bertz CT molecular complexity index is 1070. The van der Waals surface area contributed by atoms with Crippen LogP contribution in [-0.2, 0) is 29.1 Å². The number of likely N-dealkylation sites (N-methyl/N-ethyl adjacent to an activating group) is 1. The fraction of sp³-hybridized carbons (Fsp3) is 0.400. The SMILES string of the molecule is CCOC(=O)Cc1ccccc1OCc1coc2c(CN3CCN(C)CC3)cc(Br)cc12. The number of hydrogen-bond donors (Lipinski definition) is 0. The number of ether oxygens (including phenoxy) is 2. The zero-order valence-electron chi connectivity index (χ0n) is 18.6. The molecule has 0 N–H and O–H groups in total. The van der Waals surface area contributed by atoms with Gasteiger partial charge in [-0.2, -0.15) is 0 Å². The second-order valence-corrected chi connectivity index (χ2v) is 9.08. The fourth-order valence-electron chi connectivity index (χ4n) is 4.01. The molecule has 6 nitrogen and oxygen atoms in total. The Morgan fingerprint density at radius 2 is 1.88 bits per heavy atom. The van der Waals surface area contributed by atoms with Gasteiger partial charge in [-0.15, -0.1) is 0 Å². The number of hydrogen-bond acceptors (Lipinski definition) is 6. The van der Waals surface area contributed by atoms with Crippen molar-refractivity contribution in [1.29, 1.82) is 0 Å². The van der Waals surface area contributed by atoms with Gasteiger partial charge in [-0.05, 0) is 32.2 Å². The molecule has 2 heterocycles.